The van der Waals surface area contributed by atoms with Gasteiger partial charge in [-0.05, 0) is 72.6 Å². The number of hydrogen-bond acceptors (Lipinski definition) is 4. The molecule has 0 fully saturated rings. The number of hydrogen-bond donors (Lipinski definition) is 0. The number of nitrogens with zero attached hydrogens (tertiary/aromatic N) is 4. The molecule has 0 radical (unpaired) electrons. The van der Waals surface area contributed by atoms with Crippen molar-refractivity contribution in [1.29, 1.82) is 0 Å². The molecule has 2 heterocycles. The zero-order valence-electron chi connectivity index (χ0n) is 30.4. The summed E-state index contributed by atoms with van der Waals surface area (Å²) in [4.78, 5) is 20.0. The first-order valence-electron chi connectivity index (χ1n) is 18.8. The first kappa shape index (κ1) is 33.0. The molecule has 0 atom stereocenters. The lowest BCUT2D eigenvalue weighted by molar-refractivity contribution is 1.07. The summed E-state index contributed by atoms with van der Waals surface area (Å²) in [6, 6.07) is 67.8. The summed E-state index contributed by atoms with van der Waals surface area (Å²) < 4.78 is 0. The van der Waals surface area contributed by atoms with Gasteiger partial charge in [-0.25, -0.2) is 15.0 Å². The van der Waals surface area contributed by atoms with Gasteiger partial charge in [0.25, 0.3) is 0 Å². The molecule has 0 saturated carbocycles. The largest absolute Gasteiger partial charge is 0.264 e. The number of pyridine rings is 1. The SMILES string of the molecule is c1ccc(-c2ccc(-c3nc(-c4ccc(-c5ccccc5)cc4)nc(-c4ccc5c(c4)c(-c4ccccc4)c(-c4cccnc4)c4ccccc45)n3)cc2)cc1. The maximum absolute atomic E-state index is 5.19. The molecule has 0 amide bonds. The molecule has 4 heteroatoms. The second kappa shape index (κ2) is 14.3. The van der Waals surface area contributed by atoms with Gasteiger partial charge in [0.2, 0.25) is 0 Å². The lowest BCUT2D eigenvalue weighted by Gasteiger charge is -2.19. The van der Waals surface area contributed by atoms with Gasteiger partial charge in [0.05, 0.1) is 0 Å². The van der Waals surface area contributed by atoms with Gasteiger partial charge in [-0.15, -0.1) is 0 Å². The van der Waals surface area contributed by atoms with E-state index < -0.39 is 0 Å². The van der Waals surface area contributed by atoms with Gasteiger partial charge in [-0.1, -0.05) is 182 Å². The zero-order chi connectivity index (χ0) is 37.3. The number of aromatic nitrogens is 4. The first-order chi connectivity index (χ1) is 27.8. The number of benzene rings is 8. The Morgan fingerprint density at radius 3 is 1.18 bits per heavy atom. The Balaban J connectivity index is 1.18. The van der Waals surface area contributed by atoms with E-state index in [4.69, 9.17) is 15.0 Å². The fraction of sp³-hybridized carbons (Fsp3) is 0. The van der Waals surface area contributed by atoms with Crippen molar-refractivity contribution in [2.75, 3.05) is 0 Å². The second-order valence-electron chi connectivity index (χ2n) is 13.9. The quantitative estimate of drug-likeness (QED) is 0.154. The Hall–Kier alpha value is -7.56. The summed E-state index contributed by atoms with van der Waals surface area (Å²) in [5.41, 5.74) is 11.9. The fourth-order valence-corrected chi connectivity index (χ4v) is 7.69. The van der Waals surface area contributed by atoms with Crippen molar-refractivity contribution in [3.8, 4) is 78.7 Å². The maximum atomic E-state index is 5.19. The van der Waals surface area contributed by atoms with Gasteiger partial charge in [-0.2, -0.15) is 0 Å². The van der Waals surface area contributed by atoms with Crippen LogP contribution in [0.1, 0.15) is 0 Å². The lowest BCUT2D eigenvalue weighted by atomic mass is 9.85. The molecule has 10 rings (SSSR count). The van der Waals surface area contributed by atoms with Crippen molar-refractivity contribution in [3.05, 3.63) is 207 Å². The predicted molar refractivity (Wildman–Crippen MR) is 231 cm³/mol. The van der Waals surface area contributed by atoms with E-state index >= 15 is 0 Å². The molecule has 0 bridgehead atoms. The van der Waals surface area contributed by atoms with Gasteiger partial charge in [-0.3, -0.25) is 4.98 Å². The maximum Gasteiger partial charge on any atom is 0.164 e. The topological polar surface area (TPSA) is 51.6 Å². The van der Waals surface area contributed by atoms with E-state index in [0.29, 0.717) is 17.5 Å². The normalized spacial score (nSPS) is 11.2. The van der Waals surface area contributed by atoms with Crippen LogP contribution in [0.5, 0.6) is 0 Å². The lowest BCUT2D eigenvalue weighted by Crippen LogP contribution is -2.00. The molecule has 8 aromatic carbocycles. The van der Waals surface area contributed by atoms with E-state index in [9.17, 15) is 0 Å². The minimum Gasteiger partial charge on any atom is -0.264 e. The molecule has 0 aliphatic rings. The molecule has 262 valence electrons. The molecule has 10 aromatic rings. The van der Waals surface area contributed by atoms with Crippen LogP contribution in [0.3, 0.4) is 0 Å². The molecule has 2 aromatic heterocycles. The highest BCUT2D eigenvalue weighted by Gasteiger charge is 2.20. The Morgan fingerprint density at radius 2 is 0.643 bits per heavy atom. The molecule has 0 unspecified atom stereocenters. The van der Waals surface area contributed by atoms with Crippen LogP contribution in [0.4, 0.5) is 0 Å². The highest BCUT2D eigenvalue weighted by molar-refractivity contribution is 6.22. The fourth-order valence-electron chi connectivity index (χ4n) is 7.69. The van der Waals surface area contributed by atoms with Crippen LogP contribution in [0.2, 0.25) is 0 Å². The van der Waals surface area contributed by atoms with Crippen molar-refractivity contribution < 1.29 is 0 Å². The minimum atomic E-state index is 0.612. The molecule has 0 N–H and O–H groups in total. The van der Waals surface area contributed by atoms with E-state index in [1.54, 1.807) is 0 Å². The second-order valence-corrected chi connectivity index (χ2v) is 13.9. The van der Waals surface area contributed by atoms with Gasteiger partial charge < -0.3 is 0 Å². The van der Waals surface area contributed by atoms with Crippen molar-refractivity contribution in [2.45, 2.75) is 0 Å². The van der Waals surface area contributed by atoms with Crippen molar-refractivity contribution in [1.82, 2.24) is 19.9 Å². The molecular weight excluding hydrogens is 681 g/mol. The Labute approximate surface area is 325 Å². The van der Waals surface area contributed by atoms with Crippen LogP contribution in [-0.4, -0.2) is 19.9 Å². The standard InChI is InChI=1S/C52H34N4/c1-4-13-35(14-5-1)37-22-26-40(27-23-37)50-54-51(41-28-24-38(25-29-41)36-15-6-2-7-16-36)56-52(55-50)42-30-31-45-44-20-10-11-21-46(44)49(43-19-12-32-53-34-43)48(47(45)33-42)39-17-8-3-9-18-39/h1-34H. The summed E-state index contributed by atoms with van der Waals surface area (Å²) in [5, 5.41) is 4.65. The Kier molecular flexibility index (Phi) is 8.47. The van der Waals surface area contributed by atoms with Gasteiger partial charge in [0.15, 0.2) is 17.5 Å². The third-order valence-corrected chi connectivity index (χ3v) is 10.4. The molecular formula is C52H34N4. The summed E-state index contributed by atoms with van der Waals surface area (Å²) >= 11 is 0. The molecule has 4 nitrogen and oxygen atoms in total. The molecule has 0 aliphatic heterocycles. The van der Waals surface area contributed by atoms with E-state index in [-0.39, 0.29) is 0 Å². The molecule has 56 heavy (non-hydrogen) atoms. The van der Waals surface area contributed by atoms with Crippen LogP contribution < -0.4 is 0 Å². The molecule has 0 saturated heterocycles. The van der Waals surface area contributed by atoms with Gasteiger partial charge >= 0.3 is 0 Å². The smallest absolute Gasteiger partial charge is 0.164 e. The zero-order valence-corrected chi connectivity index (χ0v) is 30.4. The highest BCUT2D eigenvalue weighted by Crippen LogP contribution is 2.45. The molecule has 0 spiro atoms. The van der Waals surface area contributed by atoms with Crippen LogP contribution in [0.15, 0.2) is 207 Å². The summed E-state index contributed by atoms with van der Waals surface area (Å²) in [5.74, 6) is 1.85. The summed E-state index contributed by atoms with van der Waals surface area (Å²) in [7, 11) is 0. The minimum absolute atomic E-state index is 0.612. The number of rotatable bonds is 7. The van der Waals surface area contributed by atoms with Crippen molar-refractivity contribution >= 4 is 21.5 Å². The van der Waals surface area contributed by atoms with Crippen LogP contribution >= 0.6 is 0 Å². The Morgan fingerprint density at radius 1 is 0.250 bits per heavy atom. The van der Waals surface area contributed by atoms with Crippen molar-refractivity contribution in [3.63, 3.8) is 0 Å². The average Bonchev–Trinajstić information content (AvgIpc) is 3.29. The van der Waals surface area contributed by atoms with E-state index in [1.807, 2.05) is 30.6 Å². The third kappa shape index (κ3) is 6.19. The van der Waals surface area contributed by atoms with Gasteiger partial charge in [0, 0.05) is 34.6 Å². The third-order valence-electron chi connectivity index (χ3n) is 10.4. The highest BCUT2D eigenvalue weighted by atomic mass is 15.0. The Bertz CT molecular complexity index is 2860. The summed E-state index contributed by atoms with van der Waals surface area (Å²) in [6.45, 7) is 0. The van der Waals surface area contributed by atoms with Crippen LogP contribution in [0, 0.1) is 0 Å². The van der Waals surface area contributed by atoms with E-state index in [1.165, 1.54) is 16.2 Å². The molecule has 0 aliphatic carbocycles. The predicted octanol–water partition coefficient (Wildman–Crippen LogP) is 13.2. The number of fused-ring (bicyclic) bond motifs is 3. The first-order valence-corrected chi connectivity index (χ1v) is 18.8. The van der Waals surface area contributed by atoms with Crippen LogP contribution in [-0.2, 0) is 0 Å². The average molecular weight is 715 g/mol. The van der Waals surface area contributed by atoms with Crippen molar-refractivity contribution in [2.24, 2.45) is 0 Å². The van der Waals surface area contributed by atoms with Gasteiger partial charge in [0.1, 0.15) is 0 Å². The van der Waals surface area contributed by atoms with E-state index in [2.05, 4.69) is 181 Å². The summed E-state index contributed by atoms with van der Waals surface area (Å²) in [6.07, 6.45) is 3.79. The van der Waals surface area contributed by atoms with Crippen LogP contribution in [0.25, 0.3) is 100 Å². The van der Waals surface area contributed by atoms with E-state index in [0.717, 1.165) is 66.6 Å². The monoisotopic (exact) mass is 714 g/mol.